The highest BCUT2D eigenvalue weighted by atomic mass is 19.4. The van der Waals surface area contributed by atoms with E-state index in [0.717, 1.165) is 13.0 Å². The molecule has 0 saturated heterocycles. The molecular weight excluding hydrogens is 350 g/mol. The van der Waals surface area contributed by atoms with E-state index in [0.29, 0.717) is 12.1 Å². The molecule has 0 aliphatic carbocycles. The highest BCUT2D eigenvalue weighted by Gasteiger charge is 2.37. The van der Waals surface area contributed by atoms with Gasteiger partial charge in [-0.2, -0.15) is 39.5 Å². The van der Waals surface area contributed by atoms with Crippen LogP contribution in [0, 0.1) is 0 Å². The number of halogens is 9. The van der Waals surface area contributed by atoms with Gasteiger partial charge in [0.05, 0.1) is 11.1 Å². The van der Waals surface area contributed by atoms with E-state index in [9.17, 15) is 39.5 Å². The van der Waals surface area contributed by atoms with Gasteiger partial charge in [0.1, 0.15) is 0 Å². The first-order chi connectivity index (χ1) is 10.6. The second-order valence-corrected chi connectivity index (χ2v) is 5.44. The van der Waals surface area contributed by atoms with Crippen LogP contribution in [0.25, 0.3) is 0 Å². The van der Waals surface area contributed by atoms with Crippen LogP contribution in [0.4, 0.5) is 39.5 Å². The maximum absolute atomic E-state index is 12.7. The van der Waals surface area contributed by atoms with Crippen molar-refractivity contribution in [2.45, 2.75) is 38.2 Å². The van der Waals surface area contributed by atoms with Gasteiger partial charge >= 0.3 is 18.5 Å². The average Bonchev–Trinajstić information content (AvgIpc) is 2.34. The first-order valence-corrected chi connectivity index (χ1v) is 6.64. The molecule has 0 aliphatic heterocycles. The van der Waals surface area contributed by atoms with Crippen molar-refractivity contribution in [1.29, 1.82) is 0 Å². The molecule has 0 spiro atoms. The lowest BCUT2D eigenvalue weighted by atomic mass is 9.59. The number of alkyl halides is 9. The molecule has 1 aromatic rings. The molecule has 1 atom stereocenters. The molecule has 0 radical (unpaired) electrons. The summed E-state index contributed by atoms with van der Waals surface area (Å²) in [4.78, 5) is 0. The predicted molar refractivity (Wildman–Crippen MR) is 72.5 cm³/mol. The maximum Gasteiger partial charge on any atom is 0.416 e. The molecule has 0 aliphatic rings. The third-order valence-electron chi connectivity index (χ3n) is 3.19. The maximum atomic E-state index is 12.7. The normalized spacial score (nSPS) is 15.4. The molecular formula is C14H12BF9. The molecule has 1 unspecified atom stereocenters. The van der Waals surface area contributed by atoms with Gasteiger partial charge in [-0.05, 0) is 18.8 Å². The fourth-order valence-electron chi connectivity index (χ4n) is 2.09. The van der Waals surface area contributed by atoms with Crippen molar-refractivity contribution in [1.82, 2.24) is 0 Å². The summed E-state index contributed by atoms with van der Waals surface area (Å²) in [6.45, 7) is 2.06. The van der Waals surface area contributed by atoms with Crippen LogP contribution in [0.15, 0.2) is 29.8 Å². The average molecular weight is 362 g/mol. The van der Waals surface area contributed by atoms with E-state index in [1.807, 2.05) is 0 Å². The highest BCUT2D eigenvalue weighted by molar-refractivity contribution is 6.55. The lowest BCUT2D eigenvalue weighted by Crippen LogP contribution is -2.23. The fraction of sp³-hybridized carbons (Fsp3) is 0.429. The van der Waals surface area contributed by atoms with E-state index < -0.39 is 41.0 Å². The van der Waals surface area contributed by atoms with Crippen molar-refractivity contribution in [2.24, 2.45) is 0 Å². The van der Waals surface area contributed by atoms with Crippen molar-refractivity contribution in [3.05, 3.63) is 41.0 Å². The van der Waals surface area contributed by atoms with E-state index in [-0.39, 0.29) is 18.8 Å². The summed E-state index contributed by atoms with van der Waals surface area (Å²) in [5, 5.41) is 0. The second-order valence-electron chi connectivity index (χ2n) is 5.44. The van der Waals surface area contributed by atoms with Crippen LogP contribution in [0.2, 0.25) is 5.82 Å². The summed E-state index contributed by atoms with van der Waals surface area (Å²) in [7, 11) is -0.388. The van der Waals surface area contributed by atoms with Gasteiger partial charge in [-0.1, -0.05) is 30.6 Å². The first-order valence-electron chi connectivity index (χ1n) is 6.64. The van der Waals surface area contributed by atoms with Crippen molar-refractivity contribution in [2.75, 3.05) is 0 Å². The van der Waals surface area contributed by atoms with Gasteiger partial charge in [0.15, 0.2) is 7.28 Å². The van der Waals surface area contributed by atoms with Crippen LogP contribution in [0.5, 0.6) is 0 Å². The third-order valence-corrected chi connectivity index (χ3v) is 3.19. The lowest BCUT2D eigenvalue weighted by Gasteiger charge is -2.15. The highest BCUT2D eigenvalue weighted by Crippen LogP contribution is 2.35. The fourth-order valence-corrected chi connectivity index (χ4v) is 2.09. The second kappa shape index (κ2) is 6.72. The Balaban J connectivity index is 3.20. The molecule has 0 aromatic heterocycles. The Bertz CT molecular complexity index is 576. The molecule has 1 aromatic carbocycles. The molecule has 10 heteroatoms. The summed E-state index contributed by atoms with van der Waals surface area (Å²) in [6, 6.07) is 1.01. The zero-order chi connectivity index (χ0) is 18.9. The SMILES string of the molecule is C/C(=C\C(C)Bc1cc(C(F)(F)F)cc(C(F)(F)F)c1)C(F)(F)F. The number of rotatable bonds is 3. The van der Waals surface area contributed by atoms with Gasteiger partial charge in [-0.3, -0.25) is 0 Å². The topological polar surface area (TPSA) is 0 Å². The number of hydrogen-bond donors (Lipinski definition) is 0. The molecule has 0 nitrogen and oxygen atoms in total. The minimum Gasteiger partial charge on any atom is -0.167 e. The first kappa shape index (κ1) is 20.4. The molecule has 0 N–H and O–H groups in total. The quantitative estimate of drug-likeness (QED) is 0.399. The van der Waals surface area contributed by atoms with Gasteiger partial charge < -0.3 is 0 Å². The zero-order valence-corrected chi connectivity index (χ0v) is 12.5. The van der Waals surface area contributed by atoms with E-state index in [2.05, 4.69) is 0 Å². The van der Waals surface area contributed by atoms with Crippen molar-refractivity contribution < 1.29 is 39.5 Å². The van der Waals surface area contributed by atoms with Crippen molar-refractivity contribution in [3.8, 4) is 0 Å². The van der Waals surface area contributed by atoms with Gasteiger partial charge in [0.25, 0.3) is 0 Å². The van der Waals surface area contributed by atoms with Crippen molar-refractivity contribution in [3.63, 3.8) is 0 Å². The van der Waals surface area contributed by atoms with E-state index in [1.54, 1.807) is 0 Å². The van der Waals surface area contributed by atoms with E-state index >= 15 is 0 Å². The van der Waals surface area contributed by atoms with E-state index in [4.69, 9.17) is 0 Å². The molecule has 0 fully saturated rings. The summed E-state index contributed by atoms with van der Waals surface area (Å²) in [5.74, 6) is -0.892. The molecule has 0 heterocycles. The van der Waals surface area contributed by atoms with Gasteiger partial charge in [0.2, 0.25) is 0 Å². The Labute approximate surface area is 132 Å². The van der Waals surface area contributed by atoms with Crippen LogP contribution in [-0.2, 0) is 12.4 Å². The van der Waals surface area contributed by atoms with Crippen LogP contribution >= 0.6 is 0 Å². The van der Waals surface area contributed by atoms with Crippen LogP contribution in [-0.4, -0.2) is 13.5 Å². The van der Waals surface area contributed by atoms with Gasteiger partial charge in [-0.25, -0.2) is 0 Å². The third kappa shape index (κ3) is 5.79. The van der Waals surface area contributed by atoms with Crippen LogP contribution < -0.4 is 5.46 Å². The van der Waals surface area contributed by atoms with Crippen molar-refractivity contribution >= 4 is 12.7 Å². The van der Waals surface area contributed by atoms with Crippen LogP contribution in [0.1, 0.15) is 25.0 Å². The lowest BCUT2D eigenvalue weighted by molar-refractivity contribution is -0.143. The number of hydrogen-bond acceptors (Lipinski definition) is 0. The van der Waals surface area contributed by atoms with Crippen LogP contribution in [0.3, 0.4) is 0 Å². The predicted octanol–water partition coefficient (Wildman–Crippen LogP) is 5.10. The monoisotopic (exact) mass is 362 g/mol. The minimum absolute atomic E-state index is 0.0228. The smallest absolute Gasteiger partial charge is 0.167 e. The van der Waals surface area contributed by atoms with Gasteiger partial charge in [-0.15, -0.1) is 0 Å². The zero-order valence-electron chi connectivity index (χ0n) is 12.5. The minimum atomic E-state index is -4.99. The summed E-state index contributed by atoms with van der Waals surface area (Å²) < 4.78 is 114. The summed E-state index contributed by atoms with van der Waals surface area (Å²) >= 11 is 0. The Hall–Kier alpha value is -1.61. The standard InChI is InChI=1S/C14H12BF9/c1-7(12(16,17)18)3-8(2)15-11-5-9(13(19,20)21)4-10(6-11)14(22,23)24/h3-6,8,15H,1-2H3/b7-3+. The number of benzene rings is 1. The molecule has 24 heavy (non-hydrogen) atoms. The Kier molecular flexibility index (Phi) is 5.72. The summed E-state index contributed by atoms with van der Waals surface area (Å²) in [6.07, 6.45) is -13.8. The molecule has 0 saturated carbocycles. The summed E-state index contributed by atoms with van der Waals surface area (Å²) in [5.41, 5.74) is -4.28. The Morgan fingerprint density at radius 2 is 1.29 bits per heavy atom. The Morgan fingerprint density at radius 1 is 0.875 bits per heavy atom. The molecule has 1 rings (SSSR count). The van der Waals surface area contributed by atoms with Gasteiger partial charge in [0, 0.05) is 5.57 Å². The molecule has 0 bridgehead atoms. The largest absolute Gasteiger partial charge is 0.416 e. The molecule has 134 valence electrons. The Morgan fingerprint density at radius 3 is 1.62 bits per heavy atom. The molecule has 0 amide bonds. The number of allylic oxidation sites excluding steroid dienone is 2. The van der Waals surface area contributed by atoms with E-state index in [1.165, 1.54) is 6.92 Å².